The van der Waals surface area contributed by atoms with E-state index in [2.05, 4.69) is 10.6 Å². The maximum absolute atomic E-state index is 11.2. The summed E-state index contributed by atoms with van der Waals surface area (Å²) in [4.78, 5) is 11.2. The summed E-state index contributed by atoms with van der Waals surface area (Å²) in [5.41, 5.74) is -0.403. The Kier molecular flexibility index (Phi) is 4.39. The Morgan fingerprint density at radius 2 is 2.20 bits per heavy atom. The van der Waals surface area contributed by atoms with Gasteiger partial charge in [-0.15, -0.1) is 0 Å². The summed E-state index contributed by atoms with van der Waals surface area (Å²) >= 11 is 0. The molecule has 1 unspecified atom stereocenters. The molecule has 1 heterocycles. The van der Waals surface area contributed by atoms with Crippen LogP contribution in [-0.2, 0) is 4.74 Å². The van der Waals surface area contributed by atoms with Crippen LogP contribution < -0.4 is 10.6 Å². The van der Waals surface area contributed by atoms with Gasteiger partial charge >= 0.3 is 6.09 Å². The van der Waals surface area contributed by atoms with Crippen LogP contribution >= 0.6 is 0 Å². The minimum atomic E-state index is -0.403. The summed E-state index contributed by atoms with van der Waals surface area (Å²) in [6.45, 7) is 7.44. The molecule has 1 amide bonds. The number of rotatable bonds is 4. The molecule has 1 atom stereocenters. The van der Waals surface area contributed by atoms with Gasteiger partial charge in [-0.3, -0.25) is 0 Å². The zero-order chi connectivity index (χ0) is 11.3. The van der Waals surface area contributed by atoms with E-state index in [1.165, 1.54) is 6.42 Å². The van der Waals surface area contributed by atoms with Gasteiger partial charge in [0, 0.05) is 12.6 Å². The largest absolute Gasteiger partial charge is 0.444 e. The molecule has 0 aromatic carbocycles. The molecule has 1 saturated heterocycles. The third-order valence-corrected chi connectivity index (χ3v) is 2.32. The van der Waals surface area contributed by atoms with Crippen molar-refractivity contribution in [2.75, 3.05) is 13.1 Å². The van der Waals surface area contributed by atoms with Crippen molar-refractivity contribution >= 4 is 6.09 Å². The topological polar surface area (TPSA) is 50.4 Å². The van der Waals surface area contributed by atoms with Gasteiger partial charge in [-0.2, -0.15) is 0 Å². The van der Waals surface area contributed by atoms with Crippen molar-refractivity contribution in [3.8, 4) is 0 Å². The van der Waals surface area contributed by atoms with E-state index >= 15 is 0 Å². The Labute approximate surface area is 91.8 Å². The highest BCUT2D eigenvalue weighted by Crippen LogP contribution is 2.09. The minimum absolute atomic E-state index is 0.316. The Morgan fingerprint density at radius 3 is 2.67 bits per heavy atom. The molecule has 2 N–H and O–H groups in total. The smallest absolute Gasteiger partial charge is 0.407 e. The van der Waals surface area contributed by atoms with Gasteiger partial charge in [0.1, 0.15) is 5.60 Å². The lowest BCUT2D eigenvalue weighted by Gasteiger charge is -2.27. The number of carbonyl (C=O) groups is 1. The summed E-state index contributed by atoms with van der Waals surface area (Å²) in [5.74, 6) is 0. The second kappa shape index (κ2) is 5.35. The zero-order valence-electron chi connectivity index (χ0n) is 9.93. The van der Waals surface area contributed by atoms with Crippen molar-refractivity contribution in [3.63, 3.8) is 0 Å². The average Bonchev–Trinajstić information content (AvgIpc) is 1.96. The summed E-state index contributed by atoms with van der Waals surface area (Å²) < 4.78 is 5.12. The van der Waals surface area contributed by atoms with Crippen LogP contribution in [-0.4, -0.2) is 30.8 Å². The minimum Gasteiger partial charge on any atom is -0.444 e. The van der Waals surface area contributed by atoms with Gasteiger partial charge in [-0.1, -0.05) is 0 Å². The van der Waals surface area contributed by atoms with E-state index in [1.807, 2.05) is 20.8 Å². The van der Waals surface area contributed by atoms with Crippen LogP contribution in [0.2, 0.25) is 0 Å². The molecule has 0 spiro atoms. The molecule has 0 bridgehead atoms. The number of nitrogens with one attached hydrogen (secondary N) is 2. The van der Waals surface area contributed by atoms with Gasteiger partial charge in [0.15, 0.2) is 0 Å². The van der Waals surface area contributed by atoms with Crippen LogP contribution in [0.5, 0.6) is 0 Å². The number of carbonyl (C=O) groups excluding carboxylic acids is 1. The van der Waals surface area contributed by atoms with Crippen LogP contribution in [0.15, 0.2) is 0 Å². The van der Waals surface area contributed by atoms with Crippen molar-refractivity contribution in [3.05, 3.63) is 0 Å². The highest BCUT2D eigenvalue weighted by atomic mass is 16.6. The van der Waals surface area contributed by atoms with Gasteiger partial charge in [-0.25, -0.2) is 4.79 Å². The van der Waals surface area contributed by atoms with Crippen LogP contribution in [0.3, 0.4) is 0 Å². The van der Waals surface area contributed by atoms with Crippen molar-refractivity contribution in [2.24, 2.45) is 0 Å². The van der Waals surface area contributed by atoms with E-state index < -0.39 is 5.60 Å². The Hall–Kier alpha value is -0.770. The third-order valence-electron chi connectivity index (χ3n) is 2.32. The third kappa shape index (κ3) is 5.62. The standard InChI is InChI=1S/C11H22N2O2/c1-11(2,3)15-10(14)13-7-4-5-9-6-8-12-9/h9,12H,4-8H2,1-3H3,(H,13,14). The van der Waals surface area contributed by atoms with Crippen LogP contribution in [0.1, 0.15) is 40.0 Å². The fourth-order valence-corrected chi connectivity index (χ4v) is 1.45. The van der Waals surface area contributed by atoms with Crippen LogP contribution in [0.25, 0.3) is 0 Å². The predicted molar refractivity (Wildman–Crippen MR) is 59.9 cm³/mol. The van der Waals surface area contributed by atoms with E-state index in [0.29, 0.717) is 12.6 Å². The maximum atomic E-state index is 11.2. The number of hydrogen-bond acceptors (Lipinski definition) is 3. The number of alkyl carbamates (subject to hydrolysis) is 1. The summed E-state index contributed by atoms with van der Waals surface area (Å²) in [6, 6.07) is 0.672. The molecule has 4 nitrogen and oxygen atoms in total. The highest BCUT2D eigenvalue weighted by Gasteiger charge is 2.17. The first-order chi connectivity index (χ1) is 6.97. The maximum Gasteiger partial charge on any atom is 0.407 e. The SMILES string of the molecule is CC(C)(C)OC(=O)NCCCC1CCN1. The predicted octanol–water partition coefficient (Wildman–Crippen LogP) is 1.65. The molecular formula is C11H22N2O2. The van der Waals surface area contributed by atoms with E-state index in [1.54, 1.807) is 0 Å². The highest BCUT2D eigenvalue weighted by molar-refractivity contribution is 5.67. The molecule has 1 aliphatic rings. The lowest BCUT2D eigenvalue weighted by Crippen LogP contribution is -2.43. The van der Waals surface area contributed by atoms with E-state index in [9.17, 15) is 4.79 Å². The van der Waals surface area contributed by atoms with Crippen molar-refractivity contribution < 1.29 is 9.53 Å². The summed E-state index contributed by atoms with van der Waals surface area (Å²) in [5, 5.41) is 6.08. The molecule has 4 heteroatoms. The average molecular weight is 214 g/mol. The Balaban J connectivity index is 1.96. The molecule has 0 aliphatic carbocycles. The molecule has 1 fully saturated rings. The molecule has 0 radical (unpaired) electrons. The molecule has 15 heavy (non-hydrogen) atoms. The number of ether oxygens (including phenoxy) is 1. The van der Waals surface area contributed by atoms with Gasteiger partial charge in [0.05, 0.1) is 0 Å². The van der Waals surface area contributed by atoms with Crippen LogP contribution in [0.4, 0.5) is 4.79 Å². The van der Waals surface area contributed by atoms with Crippen molar-refractivity contribution in [1.82, 2.24) is 10.6 Å². The Bertz CT molecular complexity index is 207. The molecular weight excluding hydrogens is 192 g/mol. The molecule has 1 rings (SSSR count). The number of amides is 1. The molecule has 88 valence electrons. The normalized spacial score (nSPS) is 20.6. The van der Waals surface area contributed by atoms with Gasteiger partial charge in [-0.05, 0) is 46.6 Å². The monoisotopic (exact) mass is 214 g/mol. The lowest BCUT2D eigenvalue weighted by molar-refractivity contribution is 0.0526. The Morgan fingerprint density at radius 1 is 1.53 bits per heavy atom. The van der Waals surface area contributed by atoms with Gasteiger partial charge < -0.3 is 15.4 Å². The van der Waals surface area contributed by atoms with E-state index in [4.69, 9.17) is 4.74 Å². The first kappa shape index (κ1) is 12.3. The van der Waals surface area contributed by atoms with Gasteiger partial charge in [0.25, 0.3) is 0 Å². The quantitative estimate of drug-likeness (QED) is 0.700. The van der Waals surface area contributed by atoms with Crippen LogP contribution in [0, 0.1) is 0 Å². The fourth-order valence-electron chi connectivity index (χ4n) is 1.45. The first-order valence-electron chi connectivity index (χ1n) is 5.67. The van der Waals surface area contributed by atoms with E-state index in [-0.39, 0.29) is 6.09 Å². The zero-order valence-corrected chi connectivity index (χ0v) is 9.93. The van der Waals surface area contributed by atoms with E-state index in [0.717, 1.165) is 19.4 Å². The first-order valence-corrected chi connectivity index (χ1v) is 5.67. The summed E-state index contributed by atoms with van der Waals surface area (Å²) in [6.07, 6.45) is 3.10. The van der Waals surface area contributed by atoms with Crippen molar-refractivity contribution in [1.29, 1.82) is 0 Å². The second-order valence-corrected chi connectivity index (χ2v) is 5.01. The molecule has 0 aromatic rings. The lowest BCUT2D eigenvalue weighted by atomic mass is 10.0. The molecule has 0 saturated carbocycles. The molecule has 1 aliphatic heterocycles. The van der Waals surface area contributed by atoms with Gasteiger partial charge in [0.2, 0.25) is 0 Å². The van der Waals surface area contributed by atoms with Crippen molar-refractivity contribution in [2.45, 2.75) is 51.7 Å². The summed E-state index contributed by atoms with van der Waals surface area (Å²) in [7, 11) is 0. The fraction of sp³-hybridized carbons (Fsp3) is 0.909. The molecule has 0 aromatic heterocycles. The number of hydrogen-bond donors (Lipinski definition) is 2. The second-order valence-electron chi connectivity index (χ2n) is 5.01.